The predicted octanol–water partition coefficient (Wildman–Crippen LogP) is 6.06. The minimum atomic E-state index is 0.388. The molecule has 0 unspecified atom stereocenters. The second-order valence-corrected chi connectivity index (χ2v) is 5.91. The summed E-state index contributed by atoms with van der Waals surface area (Å²) in [6, 6.07) is 3.48. The molecule has 4 nitrogen and oxygen atoms in total. The van der Waals surface area contributed by atoms with Crippen LogP contribution in [0, 0.1) is 0 Å². The van der Waals surface area contributed by atoms with E-state index in [-0.39, 0.29) is 0 Å². The molecule has 0 aliphatic rings. The van der Waals surface area contributed by atoms with Crippen LogP contribution < -0.4 is 14.2 Å². The van der Waals surface area contributed by atoms with Gasteiger partial charge in [-0.3, -0.25) is 4.79 Å². The maximum Gasteiger partial charge on any atom is 0.298 e. The second-order valence-electron chi connectivity index (χ2n) is 5.91. The van der Waals surface area contributed by atoms with Crippen LogP contribution >= 0.6 is 0 Å². The van der Waals surface area contributed by atoms with Crippen molar-refractivity contribution in [1.82, 2.24) is 0 Å². The van der Waals surface area contributed by atoms with Gasteiger partial charge in [-0.1, -0.05) is 62.5 Å². The Bertz CT molecular complexity index is 726. The van der Waals surface area contributed by atoms with Crippen molar-refractivity contribution >= 4 is 12.0 Å². The van der Waals surface area contributed by atoms with Crippen LogP contribution in [0.5, 0.6) is 17.2 Å². The Hall–Kier alpha value is -3.01. The second kappa shape index (κ2) is 14.1. The molecule has 0 spiro atoms. The van der Waals surface area contributed by atoms with Crippen LogP contribution in [0.4, 0.5) is 0 Å². The van der Waals surface area contributed by atoms with Crippen LogP contribution in [-0.4, -0.2) is 20.2 Å². The van der Waals surface area contributed by atoms with E-state index in [4.69, 9.17) is 14.2 Å². The molecule has 0 radical (unpaired) electrons. The summed E-state index contributed by atoms with van der Waals surface area (Å²) >= 11 is 0. The smallest absolute Gasteiger partial charge is 0.298 e. The summed E-state index contributed by atoms with van der Waals surface area (Å²) in [6.07, 6.45) is 17.3. The standard InChI is InChI=1S/C24H30O4/c1-5-8-10-11-13-16-27-24-18-22(28-19-25)21(17-23(24)26-4)20(14-7-3)15-12-9-6-2/h5,7,11-15,17-19H,1,3,6,8-10,16H2,2,4H3/b13-11+,15-12-,20-14+. The van der Waals surface area contributed by atoms with Gasteiger partial charge in [0.05, 0.1) is 7.11 Å². The lowest BCUT2D eigenvalue weighted by Crippen LogP contribution is -2.01. The van der Waals surface area contributed by atoms with Gasteiger partial charge in [-0.25, -0.2) is 0 Å². The van der Waals surface area contributed by atoms with Gasteiger partial charge in [-0.15, -0.1) is 6.58 Å². The molecule has 1 aromatic carbocycles. The maximum absolute atomic E-state index is 11.0. The molecule has 0 N–H and O–H groups in total. The summed E-state index contributed by atoms with van der Waals surface area (Å²) in [6.45, 7) is 10.4. The lowest BCUT2D eigenvalue weighted by Gasteiger charge is -2.15. The van der Waals surface area contributed by atoms with E-state index in [9.17, 15) is 4.79 Å². The molecular weight excluding hydrogens is 352 g/mol. The Morgan fingerprint density at radius 3 is 2.50 bits per heavy atom. The third kappa shape index (κ3) is 7.70. The van der Waals surface area contributed by atoms with Crippen molar-refractivity contribution < 1.29 is 19.0 Å². The van der Waals surface area contributed by atoms with Gasteiger partial charge in [0.25, 0.3) is 6.47 Å². The minimum absolute atomic E-state index is 0.388. The first-order valence-corrected chi connectivity index (χ1v) is 9.42. The minimum Gasteiger partial charge on any atom is -0.493 e. The molecule has 0 aromatic heterocycles. The number of hydrogen-bond donors (Lipinski definition) is 0. The van der Waals surface area contributed by atoms with Gasteiger partial charge in [-0.2, -0.15) is 0 Å². The van der Waals surface area contributed by atoms with Crippen molar-refractivity contribution in [1.29, 1.82) is 0 Å². The number of rotatable bonds is 14. The lowest BCUT2D eigenvalue weighted by molar-refractivity contribution is -0.120. The van der Waals surface area contributed by atoms with Crippen LogP contribution in [0.2, 0.25) is 0 Å². The first-order chi connectivity index (χ1) is 13.7. The Balaban J connectivity index is 3.18. The average molecular weight is 383 g/mol. The Morgan fingerprint density at radius 2 is 1.86 bits per heavy atom. The van der Waals surface area contributed by atoms with E-state index < -0.39 is 0 Å². The average Bonchev–Trinajstić information content (AvgIpc) is 2.70. The van der Waals surface area contributed by atoms with Crippen LogP contribution in [0.25, 0.3) is 5.57 Å². The van der Waals surface area contributed by atoms with Gasteiger partial charge in [0.1, 0.15) is 12.4 Å². The van der Waals surface area contributed by atoms with Gasteiger partial charge >= 0.3 is 0 Å². The predicted molar refractivity (Wildman–Crippen MR) is 116 cm³/mol. The summed E-state index contributed by atoms with van der Waals surface area (Å²) < 4.78 is 16.5. The van der Waals surface area contributed by atoms with Crippen LogP contribution in [0.1, 0.15) is 38.2 Å². The molecule has 0 aliphatic heterocycles. The summed E-state index contributed by atoms with van der Waals surface area (Å²) in [5.41, 5.74) is 1.60. The first-order valence-electron chi connectivity index (χ1n) is 9.42. The molecule has 0 saturated heterocycles. The number of ether oxygens (including phenoxy) is 3. The van der Waals surface area contributed by atoms with Gasteiger partial charge in [0, 0.05) is 11.6 Å². The molecular formula is C24H30O4. The monoisotopic (exact) mass is 382 g/mol. The fourth-order valence-corrected chi connectivity index (χ4v) is 2.47. The van der Waals surface area contributed by atoms with Gasteiger partial charge in [-0.05, 0) is 30.9 Å². The molecule has 4 heteroatoms. The van der Waals surface area contributed by atoms with Gasteiger partial charge in [0.2, 0.25) is 0 Å². The van der Waals surface area contributed by atoms with E-state index in [1.165, 1.54) is 0 Å². The summed E-state index contributed by atoms with van der Waals surface area (Å²) in [7, 11) is 1.58. The largest absolute Gasteiger partial charge is 0.493 e. The number of carbonyl (C=O) groups is 1. The van der Waals surface area contributed by atoms with Crippen LogP contribution in [-0.2, 0) is 4.79 Å². The van der Waals surface area contributed by atoms with E-state index in [2.05, 4.69) is 26.2 Å². The van der Waals surface area contributed by atoms with Crippen LogP contribution in [0.3, 0.4) is 0 Å². The number of methoxy groups -OCH3 is 1. The quantitative estimate of drug-likeness (QED) is 0.170. The fraction of sp³-hybridized carbons (Fsp3) is 0.292. The number of hydrogen-bond acceptors (Lipinski definition) is 4. The fourth-order valence-electron chi connectivity index (χ4n) is 2.47. The van der Waals surface area contributed by atoms with E-state index >= 15 is 0 Å². The van der Waals surface area contributed by atoms with Crippen molar-refractivity contribution in [3.8, 4) is 17.2 Å². The molecule has 0 amide bonds. The Kier molecular flexibility index (Phi) is 11.6. The highest BCUT2D eigenvalue weighted by molar-refractivity contribution is 5.81. The van der Waals surface area contributed by atoms with E-state index in [0.717, 1.165) is 36.8 Å². The molecule has 0 saturated carbocycles. The number of benzene rings is 1. The molecule has 0 bridgehead atoms. The van der Waals surface area contributed by atoms with Gasteiger partial charge in [0.15, 0.2) is 11.5 Å². The highest BCUT2D eigenvalue weighted by atomic mass is 16.5. The zero-order chi connectivity index (χ0) is 20.6. The normalized spacial score (nSPS) is 11.6. The van der Waals surface area contributed by atoms with Crippen molar-refractivity contribution in [2.24, 2.45) is 0 Å². The Labute approximate surface area is 168 Å². The SMILES string of the molecule is C=C/C=C(\C=C/CCC)c1cc(OC)c(OC/C=C/CCC=C)cc1OC=O. The molecule has 28 heavy (non-hydrogen) atoms. The highest BCUT2D eigenvalue weighted by Crippen LogP contribution is 2.38. The molecule has 1 aromatic rings. The van der Waals surface area contributed by atoms with E-state index in [1.807, 2.05) is 30.4 Å². The molecule has 150 valence electrons. The third-order valence-corrected chi connectivity index (χ3v) is 3.84. The topological polar surface area (TPSA) is 44.8 Å². The number of unbranched alkanes of at least 4 members (excludes halogenated alkanes) is 2. The molecule has 0 heterocycles. The molecule has 0 fully saturated rings. The van der Waals surface area contributed by atoms with Crippen molar-refractivity contribution in [2.45, 2.75) is 32.6 Å². The first kappa shape index (κ1) is 23.0. The molecule has 0 aliphatic carbocycles. The third-order valence-electron chi connectivity index (χ3n) is 3.84. The van der Waals surface area contributed by atoms with Crippen molar-refractivity contribution in [3.05, 3.63) is 73.4 Å². The number of allylic oxidation sites excluding steroid dienone is 7. The zero-order valence-corrected chi connectivity index (χ0v) is 16.9. The van der Waals surface area contributed by atoms with Crippen LogP contribution in [0.15, 0.2) is 67.8 Å². The van der Waals surface area contributed by atoms with E-state index in [1.54, 1.807) is 25.3 Å². The highest BCUT2D eigenvalue weighted by Gasteiger charge is 2.15. The maximum atomic E-state index is 11.0. The summed E-state index contributed by atoms with van der Waals surface area (Å²) in [5.74, 6) is 1.47. The zero-order valence-electron chi connectivity index (χ0n) is 16.9. The lowest BCUT2D eigenvalue weighted by atomic mass is 10.0. The summed E-state index contributed by atoms with van der Waals surface area (Å²) in [5, 5.41) is 0. The van der Waals surface area contributed by atoms with Crippen molar-refractivity contribution in [2.75, 3.05) is 13.7 Å². The van der Waals surface area contributed by atoms with Crippen molar-refractivity contribution in [3.63, 3.8) is 0 Å². The molecule has 0 atom stereocenters. The number of carbonyl (C=O) groups excluding carboxylic acids is 1. The van der Waals surface area contributed by atoms with Gasteiger partial charge < -0.3 is 14.2 Å². The van der Waals surface area contributed by atoms with E-state index in [0.29, 0.717) is 30.3 Å². The Morgan fingerprint density at radius 1 is 1.04 bits per heavy atom. The summed E-state index contributed by atoms with van der Waals surface area (Å²) in [4.78, 5) is 11.0. The molecule has 1 rings (SSSR count).